The van der Waals surface area contributed by atoms with Crippen molar-refractivity contribution in [2.45, 2.75) is 19.6 Å². The van der Waals surface area contributed by atoms with Gasteiger partial charge >= 0.3 is 5.97 Å². The topological polar surface area (TPSA) is 99.2 Å². The van der Waals surface area contributed by atoms with E-state index in [4.69, 9.17) is 9.84 Å². The van der Waals surface area contributed by atoms with Gasteiger partial charge in [0.15, 0.2) is 11.8 Å². The van der Waals surface area contributed by atoms with Crippen molar-refractivity contribution in [2.24, 2.45) is 7.05 Å². The van der Waals surface area contributed by atoms with Gasteiger partial charge in [0.2, 0.25) is 0 Å². The number of nitrogens with zero attached hydrogens (tertiary/aromatic N) is 4. The van der Waals surface area contributed by atoms with Crippen molar-refractivity contribution >= 4 is 17.0 Å². The molecule has 2 heterocycles. The zero-order chi connectivity index (χ0) is 14.0. The maximum Gasteiger partial charge on any atom is 0.334 e. The van der Waals surface area contributed by atoms with Crippen LogP contribution in [-0.2, 0) is 23.1 Å². The maximum atomic E-state index is 12.1. The van der Waals surface area contributed by atoms with Crippen molar-refractivity contribution in [3.63, 3.8) is 0 Å². The summed E-state index contributed by atoms with van der Waals surface area (Å²) in [6.07, 6.45) is 1.65. The van der Waals surface area contributed by atoms with E-state index < -0.39 is 12.1 Å². The first-order chi connectivity index (χ1) is 9.04. The second kappa shape index (κ2) is 5.19. The van der Waals surface area contributed by atoms with Crippen LogP contribution in [0.3, 0.4) is 0 Å². The van der Waals surface area contributed by atoms with E-state index in [1.165, 1.54) is 21.8 Å². The van der Waals surface area contributed by atoms with Gasteiger partial charge < -0.3 is 9.84 Å². The first-order valence-electron chi connectivity index (χ1n) is 5.76. The molecule has 0 radical (unpaired) electrons. The van der Waals surface area contributed by atoms with Crippen molar-refractivity contribution in [3.8, 4) is 0 Å². The second-order valence-electron chi connectivity index (χ2n) is 3.99. The summed E-state index contributed by atoms with van der Waals surface area (Å²) in [4.78, 5) is 27.2. The van der Waals surface area contributed by atoms with Gasteiger partial charge in [-0.2, -0.15) is 5.10 Å². The fourth-order valence-corrected chi connectivity index (χ4v) is 1.78. The number of fused-ring (bicyclic) bond motifs is 1. The fraction of sp³-hybridized carbons (Fsp3) is 0.455. The lowest BCUT2D eigenvalue weighted by Gasteiger charge is -2.13. The largest absolute Gasteiger partial charge is 0.479 e. The Balaban J connectivity index is 2.38. The van der Waals surface area contributed by atoms with Crippen LogP contribution in [0.5, 0.6) is 0 Å². The standard InChI is InChI=1S/C11H14N4O4/c1-3-19-8(11(17)18)5-15-6-12-9-7(10(15)16)4-13-14(9)2/h4,6,8H,3,5H2,1-2H3,(H,17,18). The zero-order valence-corrected chi connectivity index (χ0v) is 10.6. The smallest absolute Gasteiger partial charge is 0.334 e. The molecule has 0 bridgehead atoms. The van der Waals surface area contributed by atoms with Gasteiger partial charge in [0.1, 0.15) is 11.7 Å². The third kappa shape index (κ3) is 2.48. The number of hydrogen-bond acceptors (Lipinski definition) is 5. The van der Waals surface area contributed by atoms with E-state index in [2.05, 4.69) is 10.1 Å². The number of aryl methyl sites for hydroxylation is 1. The molecule has 2 rings (SSSR count). The summed E-state index contributed by atoms with van der Waals surface area (Å²) in [6, 6.07) is 0. The van der Waals surface area contributed by atoms with Gasteiger partial charge in [-0.05, 0) is 6.92 Å². The molecular weight excluding hydrogens is 252 g/mol. The molecule has 1 N–H and O–H groups in total. The molecule has 0 aliphatic carbocycles. The average molecular weight is 266 g/mol. The maximum absolute atomic E-state index is 12.1. The van der Waals surface area contributed by atoms with Gasteiger partial charge in [0.25, 0.3) is 5.56 Å². The van der Waals surface area contributed by atoms with Crippen molar-refractivity contribution in [1.29, 1.82) is 0 Å². The number of rotatable bonds is 5. The lowest BCUT2D eigenvalue weighted by molar-refractivity contribution is -0.151. The minimum Gasteiger partial charge on any atom is -0.479 e. The number of carboxylic acid groups (broad SMARTS) is 1. The van der Waals surface area contributed by atoms with Crippen LogP contribution in [0.2, 0.25) is 0 Å². The molecule has 0 aliphatic rings. The lowest BCUT2D eigenvalue weighted by Crippen LogP contribution is -2.33. The quantitative estimate of drug-likeness (QED) is 0.792. The molecule has 0 saturated heterocycles. The average Bonchev–Trinajstić information content (AvgIpc) is 2.74. The summed E-state index contributed by atoms with van der Waals surface area (Å²) in [5.74, 6) is -1.11. The molecule has 2 aromatic heterocycles. The molecule has 0 amide bonds. The molecule has 102 valence electrons. The lowest BCUT2D eigenvalue weighted by atomic mass is 10.3. The highest BCUT2D eigenvalue weighted by molar-refractivity contribution is 5.73. The molecule has 0 saturated carbocycles. The van der Waals surface area contributed by atoms with Crippen LogP contribution in [0.4, 0.5) is 0 Å². The van der Waals surface area contributed by atoms with Crippen molar-refractivity contribution in [3.05, 3.63) is 22.9 Å². The van der Waals surface area contributed by atoms with Gasteiger partial charge in [-0.15, -0.1) is 0 Å². The number of aliphatic carboxylic acids is 1. The highest BCUT2D eigenvalue weighted by Gasteiger charge is 2.19. The van der Waals surface area contributed by atoms with Gasteiger partial charge in [-0.3, -0.25) is 14.0 Å². The van der Waals surface area contributed by atoms with Gasteiger partial charge in [-0.25, -0.2) is 9.78 Å². The van der Waals surface area contributed by atoms with E-state index in [1.807, 2.05) is 0 Å². The van der Waals surface area contributed by atoms with E-state index in [0.717, 1.165) is 0 Å². The molecule has 19 heavy (non-hydrogen) atoms. The first-order valence-corrected chi connectivity index (χ1v) is 5.76. The number of carbonyl (C=O) groups is 1. The molecule has 0 fully saturated rings. The third-order valence-electron chi connectivity index (χ3n) is 2.72. The number of ether oxygens (including phenoxy) is 1. The summed E-state index contributed by atoms with van der Waals surface area (Å²) in [5, 5.41) is 13.3. The van der Waals surface area contributed by atoms with E-state index in [9.17, 15) is 9.59 Å². The summed E-state index contributed by atoms with van der Waals surface area (Å²) in [5.41, 5.74) is 0.133. The van der Waals surface area contributed by atoms with Crippen LogP contribution in [0.1, 0.15) is 6.92 Å². The third-order valence-corrected chi connectivity index (χ3v) is 2.72. The monoisotopic (exact) mass is 266 g/mol. The zero-order valence-electron chi connectivity index (χ0n) is 10.6. The minimum atomic E-state index is -1.11. The van der Waals surface area contributed by atoms with Crippen LogP contribution in [-0.4, -0.2) is 43.1 Å². The Morgan fingerprint density at radius 1 is 1.58 bits per heavy atom. The van der Waals surface area contributed by atoms with Crippen molar-refractivity contribution in [2.75, 3.05) is 6.61 Å². The van der Waals surface area contributed by atoms with Gasteiger partial charge in [0.05, 0.1) is 12.7 Å². The number of carboxylic acids is 1. The van der Waals surface area contributed by atoms with Gasteiger partial charge in [-0.1, -0.05) is 0 Å². The molecule has 1 atom stereocenters. The van der Waals surface area contributed by atoms with Gasteiger partial charge in [0, 0.05) is 13.7 Å². The molecule has 0 aliphatic heterocycles. The SMILES string of the molecule is CCOC(Cn1cnc2c(cnn2C)c1=O)C(=O)O. The molecule has 0 spiro atoms. The van der Waals surface area contributed by atoms with Crippen LogP contribution in [0.25, 0.3) is 11.0 Å². The molecule has 8 nitrogen and oxygen atoms in total. The highest BCUT2D eigenvalue weighted by atomic mass is 16.5. The molecule has 2 aromatic rings. The summed E-state index contributed by atoms with van der Waals surface area (Å²) >= 11 is 0. The summed E-state index contributed by atoms with van der Waals surface area (Å²) in [6.45, 7) is 1.87. The van der Waals surface area contributed by atoms with Crippen LogP contribution >= 0.6 is 0 Å². The Morgan fingerprint density at radius 3 is 2.95 bits per heavy atom. The predicted octanol–water partition coefficient (Wildman–Crippen LogP) is -0.380. The Hall–Kier alpha value is -2.22. The summed E-state index contributed by atoms with van der Waals surface area (Å²) < 4.78 is 7.78. The highest BCUT2D eigenvalue weighted by Crippen LogP contribution is 2.04. The van der Waals surface area contributed by atoms with Crippen LogP contribution in [0, 0.1) is 0 Å². The Bertz CT molecular complexity index is 660. The molecule has 1 unspecified atom stereocenters. The van der Waals surface area contributed by atoms with E-state index in [1.54, 1.807) is 14.0 Å². The predicted molar refractivity (Wildman–Crippen MR) is 65.8 cm³/mol. The Kier molecular flexibility index (Phi) is 3.61. The fourth-order valence-electron chi connectivity index (χ4n) is 1.78. The Labute approximate surface area is 108 Å². The molecule has 8 heteroatoms. The minimum absolute atomic E-state index is 0.0835. The van der Waals surface area contributed by atoms with E-state index >= 15 is 0 Å². The Morgan fingerprint density at radius 2 is 2.32 bits per heavy atom. The van der Waals surface area contributed by atoms with Crippen LogP contribution < -0.4 is 5.56 Å². The van der Waals surface area contributed by atoms with E-state index in [-0.39, 0.29) is 18.7 Å². The number of hydrogen-bond donors (Lipinski definition) is 1. The normalized spacial score (nSPS) is 12.7. The van der Waals surface area contributed by atoms with Crippen molar-refractivity contribution < 1.29 is 14.6 Å². The molecule has 0 aromatic carbocycles. The summed E-state index contributed by atoms with van der Waals surface area (Å²) in [7, 11) is 1.68. The first kappa shape index (κ1) is 13.2. The second-order valence-corrected chi connectivity index (χ2v) is 3.99. The number of aromatic nitrogens is 4. The molecular formula is C11H14N4O4. The van der Waals surface area contributed by atoms with E-state index in [0.29, 0.717) is 11.0 Å². The van der Waals surface area contributed by atoms with Crippen molar-refractivity contribution in [1.82, 2.24) is 19.3 Å². The van der Waals surface area contributed by atoms with Crippen LogP contribution in [0.15, 0.2) is 17.3 Å².